The minimum absolute atomic E-state index is 0.216. The number of carbonyl (C=O) groups excluding carboxylic acids is 1. The molecule has 0 atom stereocenters. The third-order valence-corrected chi connectivity index (χ3v) is 5.96. The number of nitrogens with one attached hydrogen (secondary N) is 1. The van der Waals surface area contributed by atoms with Crippen LogP contribution in [0, 0.1) is 6.92 Å². The summed E-state index contributed by atoms with van der Waals surface area (Å²) in [6.45, 7) is 2.24. The summed E-state index contributed by atoms with van der Waals surface area (Å²) in [5.41, 5.74) is 3.73. The molecule has 164 valence electrons. The van der Waals surface area contributed by atoms with E-state index in [-0.39, 0.29) is 18.0 Å². The summed E-state index contributed by atoms with van der Waals surface area (Å²) < 4.78 is 3.19. The SMILES string of the molecule is Cc1ccc(NC(=O)Cn2ncc3c4ccccc4n(Cc4ccccc4)c3c2=O)c(Cl)c1. The van der Waals surface area contributed by atoms with Gasteiger partial charge in [0, 0.05) is 22.8 Å². The number of nitrogens with zero attached hydrogens (tertiary/aromatic N) is 3. The summed E-state index contributed by atoms with van der Waals surface area (Å²) in [5.74, 6) is -0.375. The predicted octanol–water partition coefficient (Wildman–Crippen LogP) is 5.00. The minimum atomic E-state index is -0.375. The molecular formula is C26H21ClN4O2. The molecule has 1 amide bonds. The first kappa shape index (κ1) is 21.0. The van der Waals surface area contributed by atoms with Crippen molar-refractivity contribution in [2.45, 2.75) is 20.0 Å². The van der Waals surface area contributed by atoms with Crippen LogP contribution in [0.15, 0.2) is 83.8 Å². The highest BCUT2D eigenvalue weighted by Gasteiger charge is 2.17. The molecule has 1 N–H and O–H groups in total. The number of carbonyl (C=O) groups is 1. The molecule has 0 unspecified atom stereocenters. The molecule has 7 heteroatoms. The number of benzene rings is 3. The second kappa shape index (κ2) is 8.56. The van der Waals surface area contributed by atoms with Crippen molar-refractivity contribution in [3.05, 3.63) is 105 Å². The van der Waals surface area contributed by atoms with Crippen molar-refractivity contribution < 1.29 is 4.79 Å². The Balaban J connectivity index is 1.55. The van der Waals surface area contributed by atoms with Crippen molar-refractivity contribution in [1.29, 1.82) is 0 Å². The molecule has 0 saturated carbocycles. The lowest BCUT2D eigenvalue weighted by molar-refractivity contribution is -0.117. The van der Waals surface area contributed by atoms with E-state index in [1.807, 2.05) is 72.2 Å². The number of para-hydroxylation sites is 1. The maximum atomic E-state index is 13.5. The van der Waals surface area contributed by atoms with E-state index in [1.54, 1.807) is 18.3 Å². The van der Waals surface area contributed by atoms with Crippen molar-refractivity contribution in [3.63, 3.8) is 0 Å². The standard InChI is InChI=1S/C26H21ClN4O2/c1-17-11-12-22(21(27)13-17)29-24(32)16-31-26(33)25-20(14-28-31)19-9-5-6-10-23(19)30(25)15-18-7-3-2-4-8-18/h2-14H,15-16H2,1H3,(H,29,32). The molecule has 0 aliphatic heterocycles. The molecule has 0 aliphatic rings. The number of amides is 1. The summed E-state index contributed by atoms with van der Waals surface area (Å²) in [4.78, 5) is 26.2. The first-order valence-electron chi connectivity index (χ1n) is 10.6. The van der Waals surface area contributed by atoms with Gasteiger partial charge in [-0.05, 0) is 36.2 Å². The van der Waals surface area contributed by atoms with Gasteiger partial charge in [-0.15, -0.1) is 0 Å². The van der Waals surface area contributed by atoms with Gasteiger partial charge in [-0.1, -0.05) is 66.2 Å². The van der Waals surface area contributed by atoms with Gasteiger partial charge in [-0.25, -0.2) is 4.68 Å². The van der Waals surface area contributed by atoms with E-state index in [9.17, 15) is 9.59 Å². The Morgan fingerprint density at radius 1 is 1.00 bits per heavy atom. The number of hydrogen-bond acceptors (Lipinski definition) is 3. The van der Waals surface area contributed by atoms with Crippen LogP contribution in [0.4, 0.5) is 5.69 Å². The van der Waals surface area contributed by atoms with Gasteiger partial charge in [0.15, 0.2) is 0 Å². The molecule has 0 saturated heterocycles. The van der Waals surface area contributed by atoms with Gasteiger partial charge in [0.05, 0.1) is 16.9 Å². The number of aryl methyl sites for hydroxylation is 1. The van der Waals surface area contributed by atoms with E-state index in [0.29, 0.717) is 22.8 Å². The molecular weight excluding hydrogens is 436 g/mol. The van der Waals surface area contributed by atoms with E-state index in [2.05, 4.69) is 10.4 Å². The Morgan fingerprint density at radius 2 is 1.76 bits per heavy atom. The summed E-state index contributed by atoms with van der Waals surface area (Å²) in [5, 5.41) is 9.23. The first-order chi connectivity index (χ1) is 16.0. The molecule has 0 aliphatic carbocycles. The summed E-state index contributed by atoms with van der Waals surface area (Å²) >= 11 is 6.23. The van der Waals surface area contributed by atoms with Crippen molar-refractivity contribution in [2.75, 3.05) is 5.32 Å². The molecule has 5 rings (SSSR count). The highest BCUT2D eigenvalue weighted by Crippen LogP contribution is 2.27. The van der Waals surface area contributed by atoms with Gasteiger partial charge < -0.3 is 9.88 Å². The van der Waals surface area contributed by atoms with E-state index in [4.69, 9.17) is 11.6 Å². The molecule has 2 aromatic heterocycles. The average Bonchev–Trinajstić information content (AvgIpc) is 3.12. The van der Waals surface area contributed by atoms with Gasteiger partial charge in [-0.3, -0.25) is 9.59 Å². The molecule has 3 aromatic carbocycles. The van der Waals surface area contributed by atoms with E-state index in [0.717, 1.165) is 27.4 Å². The van der Waals surface area contributed by atoms with E-state index >= 15 is 0 Å². The summed E-state index contributed by atoms with van der Waals surface area (Å²) in [6.07, 6.45) is 1.66. The zero-order valence-electron chi connectivity index (χ0n) is 18.0. The van der Waals surface area contributed by atoms with Gasteiger partial charge in [0.1, 0.15) is 12.1 Å². The monoisotopic (exact) mass is 456 g/mol. The summed E-state index contributed by atoms with van der Waals surface area (Å²) in [7, 11) is 0. The lowest BCUT2D eigenvalue weighted by atomic mass is 10.2. The van der Waals surface area contributed by atoms with Crippen LogP contribution >= 0.6 is 11.6 Å². The third-order valence-electron chi connectivity index (χ3n) is 5.65. The molecule has 6 nitrogen and oxygen atoms in total. The topological polar surface area (TPSA) is 68.9 Å². The fraction of sp³-hybridized carbons (Fsp3) is 0.115. The number of rotatable bonds is 5. The molecule has 0 fully saturated rings. The Hall–Kier alpha value is -3.90. The molecule has 2 heterocycles. The molecule has 0 radical (unpaired) electrons. The Morgan fingerprint density at radius 3 is 2.55 bits per heavy atom. The van der Waals surface area contributed by atoms with Crippen LogP contribution in [0.1, 0.15) is 11.1 Å². The Bertz CT molecular complexity index is 1550. The predicted molar refractivity (Wildman–Crippen MR) is 132 cm³/mol. The van der Waals surface area contributed by atoms with Crippen LogP contribution in [-0.4, -0.2) is 20.3 Å². The van der Waals surface area contributed by atoms with Gasteiger partial charge in [0.2, 0.25) is 5.91 Å². The van der Waals surface area contributed by atoms with Crippen LogP contribution in [-0.2, 0) is 17.9 Å². The fourth-order valence-corrected chi connectivity index (χ4v) is 4.37. The van der Waals surface area contributed by atoms with Crippen LogP contribution in [0.3, 0.4) is 0 Å². The maximum absolute atomic E-state index is 13.5. The van der Waals surface area contributed by atoms with Crippen LogP contribution in [0.5, 0.6) is 0 Å². The number of halogens is 1. The highest BCUT2D eigenvalue weighted by molar-refractivity contribution is 6.33. The van der Waals surface area contributed by atoms with Crippen LogP contribution in [0.2, 0.25) is 5.02 Å². The zero-order valence-corrected chi connectivity index (χ0v) is 18.7. The number of aromatic nitrogens is 3. The molecule has 0 spiro atoms. The van der Waals surface area contributed by atoms with Crippen molar-refractivity contribution >= 4 is 45.0 Å². The first-order valence-corrected chi connectivity index (χ1v) is 11.0. The van der Waals surface area contributed by atoms with Gasteiger partial charge in [0.25, 0.3) is 5.56 Å². The molecule has 0 bridgehead atoms. The Kier molecular flexibility index (Phi) is 5.44. The number of anilines is 1. The van der Waals surface area contributed by atoms with Crippen LogP contribution in [0.25, 0.3) is 21.8 Å². The normalized spacial score (nSPS) is 11.2. The fourth-order valence-electron chi connectivity index (χ4n) is 4.08. The van der Waals surface area contributed by atoms with E-state index < -0.39 is 0 Å². The smallest absolute Gasteiger partial charge is 0.291 e. The zero-order chi connectivity index (χ0) is 22.9. The van der Waals surface area contributed by atoms with Crippen molar-refractivity contribution in [3.8, 4) is 0 Å². The molecule has 5 aromatic rings. The lowest BCUT2D eigenvalue weighted by Crippen LogP contribution is -2.30. The average molecular weight is 457 g/mol. The largest absolute Gasteiger partial charge is 0.331 e. The summed E-state index contributed by atoms with van der Waals surface area (Å²) in [6, 6.07) is 23.2. The number of fused-ring (bicyclic) bond motifs is 3. The van der Waals surface area contributed by atoms with Crippen molar-refractivity contribution in [2.24, 2.45) is 0 Å². The maximum Gasteiger partial charge on any atom is 0.291 e. The van der Waals surface area contributed by atoms with Gasteiger partial charge in [-0.2, -0.15) is 5.10 Å². The third kappa shape index (κ3) is 4.01. The van der Waals surface area contributed by atoms with E-state index in [1.165, 1.54) is 4.68 Å². The second-order valence-electron chi connectivity index (χ2n) is 7.99. The van der Waals surface area contributed by atoms with Gasteiger partial charge >= 0.3 is 0 Å². The molecule has 33 heavy (non-hydrogen) atoms. The van der Waals surface area contributed by atoms with Crippen LogP contribution < -0.4 is 10.9 Å². The highest BCUT2D eigenvalue weighted by atomic mass is 35.5. The Labute approximate surface area is 195 Å². The van der Waals surface area contributed by atoms with Crippen molar-refractivity contribution in [1.82, 2.24) is 14.3 Å². The minimum Gasteiger partial charge on any atom is -0.331 e. The number of hydrogen-bond donors (Lipinski definition) is 1. The lowest BCUT2D eigenvalue weighted by Gasteiger charge is -2.10. The second-order valence-corrected chi connectivity index (χ2v) is 8.40. The quantitative estimate of drug-likeness (QED) is 0.404.